The highest BCUT2D eigenvalue weighted by atomic mass is 35.5. The van der Waals surface area contributed by atoms with Crippen LogP contribution in [0.15, 0.2) is 23.2 Å². The molecule has 1 aromatic carbocycles. The van der Waals surface area contributed by atoms with Crippen LogP contribution in [0.2, 0.25) is 5.02 Å². The van der Waals surface area contributed by atoms with Gasteiger partial charge in [-0.2, -0.15) is 11.8 Å². The number of hydrogen-bond donors (Lipinski definition) is 2. The van der Waals surface area contributed by atoms with Gasteiger partial charge in [0.05, 0.1) is 16.8 Å². The van der Waals surface area contributed by atoms with Gasteiger partial charge in [0.1, 0.15) is 5.01 Å². The zero-order chi connectivity index (χ0) is 15.4. The second-order valence-electron chi connectivity index (χ2n) is 5.16. The molecule has 3 rings (SSSR count). The van der Waals surface area contributed by atoms with Gasteiger partial charge in [0, 0.05) is 23.9 Å². The molecule has 4 nitrogen and oxygen atoms in total. The topological polar surface area (TPSA) is 49.3 Å². The molecule has 1 aliphatic rings. The Bertz CT molecular complexity index is 665. The summed E-state index contributed by atoms with van der Waals surface area (Å²) in [4.78, 5) is 8.88. The number of thiazole rings is 1. The Morgan fingerprint density at radius 3 is 3.14 bits per heavy atom. The molecule has 1 fully saturated rings. The third-order valence-corrected chi connectivity index (χ3v) is 6.22. The number of fused-ring (bicyclic) bond motifs is 1. The Morgan fingerprint density at radius 2 is 2.36 bits per heavy atom. The fraction of sp³-hybridized carbons (Fsp3) is 0.467. The molecule has 22 heavy (non-hydrogen) atoms. The number of nitrogens with one attached hydrogen (secondary N) is 2. The maximum Gasteiger partial charge on any atom is 0.191 e. The van der Waals surface area contributed by atoms with E-state index >= 15 is 0 Å². The summed E-state index contributed by atoms with van der Waals surface area (Å²) in [7, 11) is 1.80. The fourth-order valence-electron chi connectivity index (χ4n) is 2.42. The minimum Gasteiger partial charge on any atom is -0.355 e. The first kappa shape index (κ1) is 15.9. The molecule has 0 bridgehead atoms. The molecule has 1 aliphatic heterocycles. The molecule has 0 spiro atoms. The average Bonchev–Trinajstić information content (AvgIpc) is 3.16. The van der Waals surface area contributed by atoms with Crippen LogP contribution in [0.3, 0.4) is 0 Å². The van der Waals surface area contributed by atoms with Crippen LogP contribution in [0.1, 0.15) is 17.8 Å². The quantitative estimate of drug-likeness (QED) is 0.651. The monoisotopic (exact) mass is 354 g/mol. The van der Waals surface area contributed by atoms with Gasteiger partial charge in [0.25, 0.3) is 0 Å². The van der Waals surface area contributed by atoms with Crippen LogP contribution in [0.25, 0.3) is 10.2 Å². The van der Waals surface area contributed by atoms with Crippen molar-refractivity contribution < 1.29 is 0 Å². The summed E-state index contributed by atoms with van der Waals surface area (Å²) in [5, 5.41) is 9.20. The number of rotatable bonds is 4. The van der Waals surface area contributed by atoms with E-state index in [4.69, 9.17) is 11.6 Å². The van der Waals surface area contributed by atoms with Crippen molar-refractivity contribution in [2.45, 2.75) is 24.6 Å². The van der Waals surface area contributed by atoms with Crippen molar-refractivity contribution in [2.75, 3.05) is 19.3 Å². The molecule has 0 amide bonds. The van der Waals surface area contributed by atoms with Crippen molar-refractivity contribution >= 4 is 50.9 Å². The molecule has 2 aromatic rings. The van der Waals surface area contributed by atoms with Gasteiger partial charge < -0.3 is 10.6 Å². The van der Waals surface area contributed by atoms with Gasteiger partial charge in [-0.15, -0.1) is 11.3 Å². The number of aliphatic imine (C=N–C) groups is 1. The van der Waals surface area contributed by atoms with Gasteiger partial charge in [0.15, 0.2) is 5.96 Å². The summed E-state index contributed by atoms with van der Waals surface area (Å²) in [6.07, 6.45) is 2.63. The third-order valence-electron chi connectivity index (χ3n) is 3.55. The van der Waals surface area contributed by atoms with E-state index in [1.165, 1.54) is 18.6 Å². The van der Waals surface area contributed by atoms with Crippen LogP contribution in [0.4, 0.5) is 0 Å². The number of aromatic nitrogens is 1. The highest BCUT2D eigenvalue weighted by Crippen LogP contribution is 2.25. The van der Waals surface area contributed by atoms with E-state index in [0.29, 0.717) is 11.8 Å². The van der Waals surface area contributed by atoms with Crippen molar-refractivity contribution in [2.24, 2.45) is 4.99 Å². The van der Waals surface area contributed by atoms with Gasteiger partial charge in [-0.1, -0.05) is 11.6 Å². The third kappa shape index (κ3) is 4.06. The molecule has 2 N–H and O–H groups in total. The molecule has 0 radical (unpaired) electrons. The average molecular weight is 355 g/mol. The molecule has 1 saturated heterocycles. The number of halogens is 1. The number of benzene rings is 1. The second-order valence-corrected chi connectivity index (χ2v) is 8.12. The highest BCUT2D eigenvalue weighted by molar-refractivity contribution is 8.00. The van der Waals surface area contributed by atoms with Crippen LogP contribution in [-0.4, -0.2) is 35.5 Å². The molecule has 1 atom stereocenters. The predicted molar refractivity (Wildman–Crippen MR) is 98.3 cm³/mol. The maximum absolute atomic E-state index is 6.00. The summed E-state index contributed by atoms with van der Waals surface area (Å²) in [5.74, 6) is 2.12. The minimum absolute atomic E-state index is 0.675. The van der Waals surface area contributed by atoms with E-state index in [0.717, 1.165) is 32.8 Å². The number of thioether (sulfide) groups is 1. The van der Waals surface area contributed by atoms with Gasteiger partial charge in [0.2, 0.25) is 0 Å². The van der Waals surface area contributed by atoms with Crippen molar-refractivity contribution in [3.05, 3.63) is 28.2 Å². The van der Waals surface area contributed by atoms with Crippen molar-refractivity contribution in [3.63, 3.8) is 0 Å². The van der Waals surface area contributed by atoms with Crippen LogP contribution in [0, 0.1) is 0 Å². The Balaban J connectivity index is 1.54. The van der Waals surface area contributed by atoms with Crippen LogP contribution in [0.5, 0.6) is 0 Å². The van der Waals surface area contributed by atoms with Gasteiger partial charge >= 0.3 is 0 Å². The number of guanidine groups is 1. The first-order valence-electron chi connectivity index (χ1n) is 7.35. The van der Waals surface area contributed by atoms with E-state index in [-0.39, 0.29) is 0 Å². The molecule has 0 aliphatic carbocycles. The van der Waals surface area contributed by atoms with Crippen molar-refractivity contribution in [3.8, 4) is 0 Å². The zero-order valence-corrected chi connectivity index (χ0v) is 14.8. The minimum atomic E-state index is 0.675. The smallest absolute Gasteiger partial charge is 0.191 e. The van der Waals surface area contributed by atoms with E-state index in [9.17, 15) is 0 Å². The maximum atomic E-state index is 6.00. The first-order valence-corrected chi connectivity index (χ1v) is 9.60. The summed E-state index contributed by atoms with van der Waals surface area (Å²) in [5.41, 5.74) is 0.958. The molecule has 2 heterocycles. The summed E-state index contributed by atoms with van der Waals surface area (Å²) < 4.78 is 1.16. The van der Waals surface area contributed by atoms with Gasteiger partial charge in [-0.05, 0) is 36.8 Å². The van der Waals surface area contributed by atoms with Crippen LogP contribution >= 0.6 is 34.7 Å². The molecular formula is C15H19ClN4S2. The van der Waals surface area contributed by atoms with E-state index in [1.807, 2.05) is 30.0 Å². The SMILES string of the molecule is CN=C(NCc1nc2cc(Cl)ccc2s1)NCC1CCCS1. The van der Waals surface area contributed by atoms with Crippen LogP contribution < -0.4 is 10.6 Å². The normalized spacial score (nSPS) is 18.8. The summed E-state index contributed by atoms with van der Waals surface area (Å²) >= 11 is 9.73. The van der Waals surface area contributed by atoms with E-state index in [2.05, 4.69) is 20.6 Å². The summed E-state index contributed by atoms with van der Waals surface area (Å²) in [6, 6.07) is 5.82. The Morgan fingerprint density at radius 1 is 1.45 bits per heavy atom. The lowest BCUT2D eigenvalue weighted by atomic mass is 10.2. The van der Waals surface area contributed by atoms with E-state index in [1.54, 1.807) is 18.4 Å². The molecule has 0 saturated carbocycles. The molecule has 1 aromatic heterocycles. The summed E-state index contributed by atoms with van der Waals surface area (Å²) in [6.45, 7) is 1.65. The standard InChI is InChI=1S/C15H19ClN4S2/c1-17-15(18-8-11-3-2-6-21-11)19-9-14-20-12-7-10(16)4-5-13(12)22-14/h4-5,7,11H,2-3,6,8-9H2,1H3,(H2,17,18,19). The molecule has 7 heteroatoms. The Hall–Kier alpha value is -0.980. The Labute approximate surface area is 143 Å². The van der Waals surface area contributed by atoms with Gasteiger partial charge in [-0.3, -0.25) is 4.99 Å². The first-order chi connectivity index (χ1) is 10.7. The molecule has 1 unspecified atom stereocenters. The highest BCUT2D eigenvalue weighted by Gasteiger charge is 2.15. The van der Waals surface area contributed by atoms with Gasteiger partial charge in [-0.25, -0.2) is 4.98 Å². The molecule has 118 valence electrons. The fourth-order valence-corrected chi connectivity index (χ4v) is 4.67. The largest absolute Gasteiger partial charge is 0.355 e. The second kappa shape index (κ2) is 7.53. The lowest BCUT2D eigenvalue weighted by Crippen LogP contribution is -2.39. The van der Waals surface area contributed by atoms with Crippen molar-refractivity contribution in [1.29, 1.82) is 0 Å². The number of nitrogens with zero attached hydrogens (tertiary/aromatic N) is 2. The predicted octanol–water partition coefficient (Wildman–Crippen LogP) is 3.51. The number of hydrogen-bond acceptors (Lipinski definition) is 4. The Kier molecular flexibility index (Phi) is 5.44. The zero-order valence-electron chi connectivity index (χ0n) is 12.4. The molecular weight excluding hydrogens is 336 g/mol. The van der Waals surface area contributed by atoms with Crippen molar-refractivity contribution in [1.82, 2.24) is 15.6 Å². The lowest BCUT2D eigenvalue weighted by Gasteiger charge is -2.14. The van der Waals surface area contributed by atoms with E-state index < -0.39 is 0 Å². The lowest BCUT2D eigenvalue weighted by molar-refractivity contribution is 0.725. The van der Waals surface area contributed by atoms with Crippen LogP contribution in [-0.2, 0) is 6.54 Å².